The van der Waals surface area contributed by atoms with E-state index in [1.165, 1.54) is 22.3 Å². The summed E-state index contributed by atoms with van der Waals surface area (Å²) in [6.07, 6.45) is 1.05. The minimum absolute atomic E-state index is 0.341. The summed E-state index contributed by atoms with van der Waals surface area (Å²) in [5.74, 6) is 0.341. The van der Waals surface area contributed by atoms with Crippen LogP contribution in [0.4, 0.5) is 22.7 Å². The molecule has 2 bridgehead atoms. The predicted molar refractivity (Wildman–Crippen MR) is 138 cm³/mol. The standard InChI is InChI=1S/C30H29N3/c1-20-30-27-18-24(31-22-9-5-3-6-10-22)14-13-21(27)17-29(33(20)2)26-16-15-25(19-28(26)30)32-23-11-7-4-8-12-23/h3-16,18-20,29-32H,17H2,1-2H3/t20-,29-,30+/m1/s1. The van der Waals surface area contributed by atoms with Crippen molar-refractivity contribution >= 4 is 22.7 Å². The highest BCUT2D eigenvalue weighted by Gasteiger charge is 2.41. The van der Waals surface area contributed by atoms with Gasteiger partial charge in [0.25, 0.3) is 0 Å². The highest BCUT2D eigenvalue weighted by Crippen LogP contribution is 2.50. The van der Waals surface area contributed by atoms with Gasteiger partial charge in [0.15, 0.2) is 0 Å². The molecule has 4 aromatic rings. The molecule has 164 valence electrons. The van der Waals surface area contributed by atoms with Crippen molar-refractivity contribution in [2.45, 2.75) is 31.3 Å². The summed E-state index contributed by atoms with van der Waals surface area (Å²) >= 11 is 0. The van der Waals surface area contributed by atoms with Gasteiger partial charge < -0.3 is 10.6 Å². The lowest BCUT2D eigenvalue weighted by molar-refractivity contribution is 0.160. The summed E-state index contributed by atoms with van der Waals surface area (Å²) in [7, 11) is 2.29. The molecule has 0 spiro atoms. The topological polar surface area (TPSA) is 27.3 Å². The molecule has 2 heterocycles. The van der Waals surface area contributed by atoms with Crippen LogP contribution >= 0.6 is 0 Å². The Morgan fingerprint density at radius 2 is 1.21 bits per heavy atom. The quantitative estimate of drug-likeness (QED) is 0.357. The molecule has 3 nitrogen and oxygen atoms in total. The zero-order valence-electron chi connectivity index (χ0n) is 19.1. The van der Waals surface area contributed by atoms with Crippen LogP contribution in [0.15, 0.2) is 97.1 Å². The van der Waals surface area contributed by atoms with Gasteiger partial charge in [-0.1, -0.05) is 48.5 Å². The van der Waals surface area contributed by atoms with Gasteiger partial charge in [-0.15, -0.1) is 0 Å². The first-order chi connectivity index (χ1) is 16.2. The van der Waals surface area contributed by atoms with Crippen LogP contribution in [0, 0.1) is 0 Å². The maximum Gasteiger partial charge on any atom is 0.0391 e. The molecule has 0 aromatic heterocycles. The van der Waals surface area contributed by atoms with Gasteiger partial charge in [0.05, 0.1) is 0 Å². The van der Waals surface area contributed by atoms with E-state index in [0.29, 0.717) is 18.0 Å². The fraction of sp³-hybridized carbons (Fsp3) is 0.200. The van der Waals surface area contributed by atoms with E-state index in [1.807, 2.05) is 0 Å². The lowest BCUT2D eigenvalue weighted by Gasteiger charge is -2.42. The second-order valence-electron chi connectivity index (χ2n) is 9.34. The Hall–Kier alpha value is -3.56. The zero-order chi connectivity index (χ0) is 22.4. The van der Waals surface area contributed by atoms with E-state index in [4.69, 9.17) is 0 Å². The maximum atomic E-state index is 3.60. The zero-order valence-corrected chi connectivity index (χ0v) is 19.1. The summed E-state index contributed by atoms with van der Waals surface area (Å²) in [6.45, 7) is 2.38. The number of likely N-dealkylation sites (N-methyl/N-ethyl adjacent to an activating group) is 1. The van der Waals surface area contributed by atoms with Gasteiger partial charge in [0.1, 0.15) is 0 Å². The van der Waals surface area contributed by atoms with E-state index in [2.05, 4.69) is 127 Å². The van der Waals surface area contributed by atoms with Crippen molar-refractivity contribution in [3.05, 3.63) is 119 Å². The molecule has 1 aliphatic carbocycles. The molecule has 3 atom stereocenters. The van der Waals surface area contributed by atoms with Crippen LogP contribution < -0.4 is 10.6 Å². The van der Waals surface area contributed by atoms with Crippen LogP contribution in [0.25, 0.3) is 0 Å². The molecular weight excluding hydrogens is 402 g/mol. The van der Waals surface area contributed by atoms with E-state index >= 15 is 0 Å². The van der Waals surface area contributed by atoms with Gasteiger partial charge in [-0.25, -0.2) is 0 Å². The first-order valence-corrected chi connectivity index (χ1v) is 11.8. The number of hydrogen-bond donors (Lipinski definition) is 2. The van der Waals surface area contributed by atoms with Crippen LogP contribution in [0.5, 0.6) is 0 Å². The normalized spacial score (nSPS) is 21.1. The molecule has 3 heteroatoms. The molecule has 33 heavy (non-hydrogen) atoms. The van der Waals surface area contributed by atoms with E-state index in [1.54, 1.807) is 0 Å². The molecular formula is C30H29N3. The van der Waals surface area contributed by atoms with Crippen LogP contribution in [0.3, 0.4) is 0 Å². The van der Waals surface area contributed by atoms with Crippen LogP contribution in [-0.2, 0) is 6.42 Å². The molecule has 0 saturated heterocycles. The van der Waals surface area contributed by atoms with Crippen molar-refractivity contribution in [3.63, 3.8) is 0 Å². The fourth-order valence-electron chi connectivity index (χ4n) is 5.64. The van der Waals surface area contributed by atoms with E-state index in [0.717, 1.165) is 29.2 Å². The van der Waals surface area contributed by atoms with E-state index in [9.17, 15) is 0 Å². The molecule has 7 rings (SSSR count). The Bertz CT molecular complexity index is 1280. The number of nitrogens with zero attached hydrogens (tertiary/aromatic N) is 1. The number of para-hydroxylation sites is 2. The van der Waals surface area contributed by atoms with Crippen LogP contribution in [-0.4, -0.2) is 18.0 Å². The summed E-state index contributed by atoms with van der Waals surface area (Å²) in [5, 5.41) is 7.20. The maximum absolute atomic E-state index is 3.60. The molecule has 0 fully saturated rings. The predicted octanol–water partition coefficient (Wildman–Crippen LogP) is 7.24. The number of hydrogen-bond acceptors (Lipinski definition) is 3. The number of fused-ring (bicyclic) bond motifs is 1. The van der Waals surface area contributed by atoms with Gasteiger partial charge in [0, 0.05) is 40.8 Å². The van der Waals surface area contributed by atoms with Crippen LogP contribution in [0.2, 0.25) is 0 Å². The fourth-order valence-corrected chi connectivity index (χ4v) is 5.64. The van der Waals surface area contributed by atoms with Gasteiger partial charge in [0.2, 0.25) is 0 Å². The largest absolute Gasteiger partial charge is 0.356 e. The van der Waals surface area contributed by atoms with Crippen LogP contribution in [0.1, 0.15) is 41.1 Å². The highest BCUT2D eigenvalue weighted by molar-refractivity contribution is 5.66. The van der Waals surface area contributed by atoms with Crippen molar-refractivity contribution in [2.24, 2.45) is 0 Å². The number of rotatable bonds is 4. The van der Waals surface area contributed by atoms with Crippen molar-refractivity contribution < 1.29 is 0 Å². The summed E-state index contributed by atoms with van der Waals surface area (Å²) in [5.41, 5.74) is 10.4. The summed E-state index contributed by atoms with van der Waals surface area (Å²) in [4.78, 5) is 2.57. The third-order valence-corrected chi connectivity index (χ3v) is 7.42. The SMILES string of the molecule is C[C@@H]1[C@H]2c3cc(Nc4ccccc4)ccc3C[C@H](c3ccc(Nc4ccccc4)cc32)N1C. The third-order valence-electron chi connectivity index (χ3n) is 7.42. The van der Waals surface area contributed by atoms with Gasteiger partial charge in [-0.3, -0.25) is 4.90 Å². The Kier molecular flexibility index (Phi) is 4.92. The minimum Gasteiger partial charge on any atom is -0.356 e. The van der Waals surface area contributed by atoms with Crippen molar-refractivity contribution in [1.82, 2.24) is 4.90 Å². The van der Waals surface area contributed by atoms with E-state index in [-0.39, 0.29) is 0 Å². The molecule has 0 amide bonds. The molecule has 2 aliphatic heterocycles. The lowest BCUT2D eigenvalue weighted by atomic mass is 9.79. The Balaban J connectivity index is 1.42. The molecule has 0 radical (unpaired) electrons. The first kappa shape index (κ1) is 20.1. The molecule has 4 aromatic carbocycles. The third kappa shape index (κ3) is 3.59. The summed E-state index contributed by atoms with van der Waals surface area (Å²) < 4.78 is 0. The van der Waals surface area contributed by atoms with E-state index < -0.39 is 0 Å². The van der Waals surface area contributed by atoms with Gasteiger partial charge >= 0.3 is 0 Å². The van der Waals surface area contributed by atoms with Crippen molar-refractivity contribution in [1.29, 1.82) is 0 Å². The second kappa shape index (κ2) is 8.09. The van der Waals surface area contributed by atoms with Gasteiger partial charge in [-0.05, 0) is 91.2 Å². The minimum atomic E-state index is 0.341. The Morgan fingerprint density at radius 1 is 0.636 bits per heavy atom. The average molecular weight is 432 g/mol. The number of nitrogens with one attached hydrogen (secondary N) is 2. The van der Waals surface area contributed by atoms with Crippen molar-refractivity contribution in [3.8, 4) is 0 Å². The number of anilines is 4. The Labute approximate surface area is 196 Å². The molecule has 0 saturated carbocycles. The number of benzene rings is 4. The Morgan fingerprint density at radius 3 is 1.85 bits per heavy atom. The van der Waals surface area contributed by atoms with Crippen molar-refractivity contribution in [2.75, 3.05) is 17.7 Å². The monoisotopic (exact) mass is 431 g/mol. The second-order valence-corrected chi connectivity index (χ2v) is 9.34. The highest BCUT2D eigenvalue weighted by atomic mass is 15.2. The molecule has 0 unspecified atom stereocenters. The smallest absolute Gasteiger partial charge is 0.0391 e. The lowest BCUT2D eigenvalue weighted by Crippen LogP contribution is -2.41. The first-order valence-electron chi connectivity index (χ1n) is 11.8. The molecule has 3 aliphatic rings. The summed E-state index contributed by atoms with van der Waals surface area (Å²) in [6, 6.07) is 35.6. The average Bonchev–Trinajstić information content (AvgIpc) is 3.04. The van der Waals surface area contributed by atoms with Gasteiger partial charge in [-0.2, -0.15) is 0 Å². The molecule has 2 N–H and O–H groups in total.